The lowest BCUT2D eigenvalue weighted by atomic mass is 10.3. The Labute approximate surface area is 64.0 Å². The summed E-state index contributed by atoms with van der Waals surface area (Å²) in [5.41, 5.74) is 3.08. The lowest BCUT2D eigenvalue weighted by molar-refractivity contribution is 1.29. The van der Waals surface area contributed by atoms with Crippen LogP contribution in [0.5, 0.6) is 0 Å². The van der Waals surface area contributed by atoms with Crippen LogP contribution >= 0.6 is 0 Å². The molecule has 1 heteroatoms. The van der Waals surface area contributed by atoms with Gasteiger partial charge in [-0.2, -0.15) is 0 Å². The van der Waals surface area contributed by atoms with Crippen molar-refractivity contribution in [3.8, 4) is 0 Å². The molecule has 1 aliphatic carbocycles. The van der Waals surface area contributed by atoms with Gasteiger partial charge in [0.05, 0.1) is 8.07 Å². The minimum atomic E-state index is -0.998. The van der Waals surface area contributed by atoms with Gasteiger partial charge in [-0.1, -0.05) is 30.9 Å². The molecule has 0 nitrogen and oxygen atoms in total. The maximum absolute atomic E-state index is 3.08. The van der Waals surface area contributed by atoms with Crippen LogP contribution in [0.2, 0.25) is 19.6 Å². The first-order valence-corrected chi connectivity index (χ1v) is 7.21. The zero-order chi connectivity index (χ0) is 7.61. The summed E-state index contributed by atoms with van der Waals surface area (Å²) in [6.07, 6.45) is 7.50. The fourth-order valence-corrected chi connectivity index (χ4v) is 2.31. The minimum Gasteiger partial charge on any atom is -0.125 e. The summed E-state index contributed by atoms with van der Waals surface area (Å²) >= 11 is 0. The molecule has 0 N–H and O–H groups in total. The zero-order valence-corrected chi connectivity index (χ0v) is 7.94. The molecule has 1 rings (SSSR count). The number of rotatable bonds is 1. The van der Waals surface area contributed by atoms with Gasteiger partial charge in [0.1, 0.15) is 0 Å². The Hall–Kier alpha value is -0.523. The van der Waals surface area contributed by atoms with E-state index in [1.165, 1.54) is 0 Å². The largest absolute Gasteiger partial charge is 0.125 e. The first kappa shape index (κ1) is 7.58. The van der Waals surface area contributed by atoms with Crippen LogP contribution in [0, 0.1) is 0 Å². The number of allylic oxidation sites excluding steroid dienone is 3. The summed E-state index contributed by atoms with van der Waals surface area (Å²) in [5, 5.41) is 1.63. The zero-order valence-electron chi connectivity index (χ0n) is 6.94. The van der Waals surface area contributed by atoms with Crippen molar-refractivity contribution < 1.29 is 0 Å². The van der Waals surface area contributed by atoms with Crippen molar-refractivity contribution in [2.45, 2.75) is 26.1 Å². The van der Waals surface area contributed by atoms with Gasteiger partial charge in [0, 0.05) is 0 Å². The highest BCUT2D eigenvalue weighted by Gasteiger charge is 2.17. The molecular weight excluding hydrogens is 136 g/mol. The molecule has 0 bridgehead atoms. The molecule has 0 aliphatic heterocycles. The molecule has 0 unspecified atom stereocenters. The Morgan fingerprint density at radius 1 is 1.40 bits per heavy atom. The average Bonchev–Trinajstić information content (AvgIpc) is 1.88. The van der Waals surface area contributed by atoms with E-state index in [-0.39, 0.29) is 0 Å². The summed E-state index contributed by atoms with van der Waals surface area (Å²) in [6.45, 7) is 7.14. The van der Waals surface area contributed by atoms with Gasteiger partial charge in [-0.25, -0.2) is 0 Å². The molecule has 0 saturated carbocycles. The van der Waals surface area contributed by atoms with Gasteiger partial charge in [-0.3, -0.25) is 0 Å². The molecule has 10 heavy (non-hydrogen) atoms. The van der Waals surface area contributed by atoms with E-state index >= 15 is 0 Å². The van der Waals surface area contributed by atoms with E-state index in [1.54, 1.807) is 5.20 Å². The highest BCUT2D eigenvalue weighted by Crippen LogP contribution is 2.19. The van der Waals surface area contributed by atoms with E-state index in [0.29, 0.717) is 0 Å². The molecular formula is C9H14Si. The van der Waals surface area contributed by atoms with Crippen LogP contribution in [0.3, 0.4) is 0 Å². The monoisotopic (exact) mass is 150 g/mol. The van der Waals surface area contributed by atoms with Gasteiger partial charge in [0.25, 0.3) is 0 Å². The Morgan fingerprint density at radius 3 is 2.40 bits per heavy atom. The third kappa shape index (κ3) is 1.73. The predicted octanol–water partition coefficient (Wildman–Crippen LogP) is 2.91. The summed E-state index contributed by atoms with van der Waals surface area (Å²) < 4.78 is 0. The lowest BCUT2D eigenvalue weighted by Crippen LogP contribution is -2.23. The van der Waals surface area contributed by atoms with Crippen LogP contribution in [0.4, 0.5) is 0 Å². The second-order valence-corrected chi connectivity index (χ2v) is 8.83. The first-order chi connectivity index (χ1) is 4.61. The standard InChI is InChI=1S/C9H14Si/c1-10(2,3)9-7-5-4-6-8-9/h5-7H,8H2,1-3H3. The summed E-state index contributed by atoms with van der Waals surface area (Å²) in [5.74, 6) is 0. The van der Waals surface area contributed by atoms with Crippen molar-refractivity contribution in [3.05, 3.63) is 29.2 Å². The average molecular weight is 150 g/mol. The summed E-state index contributed by atoms with van der Waals surface area (Å²) in [6, 6.07) is 0. The van der Waals surface area contributed by atoms with Gasteiger partial charge in [0.15, 0.2) is 0 Å². The molecule has 0 fully saturated rings. The third-order valence-corrected chi connectivity index (χ3v) is 4.08. The van der Waals surface area contributed by atoms with Crippen LogP contribution < -0.4 is 0 Å². The minimum absolute atomic E-state index is 0.998. The molecule has 0 heterocycles. The smallest absolute Gasteiger partial charge is 0.0729 e. The molecule has 0 radical (unpaired) electrons. The second kappa shape index (κ2) is 2.61. The van der Waals surface area contributed by atoms with Gasteiger partial charge in [-0.05, 0) is 18.6 Å². The first-order valence-electron chi connectivity index (χ1n) is 3.71. The Balaban J connectivity index is 2.79. The quantitative estimate of drug-likeness (QED) is 0.398. The van der Waals surface area contributed by atoms with E-state index < -0.39 is 8.07 Å². The Bertz CT molecular complexity index is 209. The van der Waals surface area contributed by atoms with Gasteiger partial charge < -0.3 is 0 Å². The molecule has 0 aromatic carbocycles. The topological polar surface area (TPSA) is 0 Å². The second-order valence-electron chi connectivity index (χ2n) is 3.68. The van der Waals surface area contributed by atoms with Crippen LogP contribution in [0.15, 0.2) is 29.2 Å². The van der Waals surface area contributed by atoms with Crippen LogP contribution in [-0.4, -0.2) is 8.07 Å². The molecule has 0 amide bonds. The van der Waals surface area contributed by atoms with Gasteiger partial charge in [0.2, 0.25) is 0 Å². The van der Waals surface area contributed by atoms with Crippen molar-refractivity contribution >= 4 is 8.07 Å². The number of hydrogen-bond donors (Lipinski definition) is 0. The normalized spacial score (nSPS) is 17.3. The fourth-order valence-electron chi connectivity index (χ4n) is 1.01. The van der Waals surface area contributed by atoms with E-state index in [9.17, 15) is 0 Å². The van der Waals surface area contributed by atoms with Crippen molar-refractivity contribution in [2.75, 3.05) is 0 Å². The SMILES string of the molecule is C[Si](C)(C)C1=CC=C=CC1. The molecule has 0 atom stereocenters. The van der Waals surface area contributed by atoms with Gasteiger partial charge in [-0.15, -0.1) is 5.73 Å². The fraction of sp³-hybridized carbons (Fsp3) is 0.444. The highest BCUT2D eigenvalue weighted by atomic mass is 28.3. The van der Waals surface area contributed by atoms with Crippen molar-refractivity contribution in [2.24, 2.45) is 0 Å². The number of hydrogen-bond acceptors (Lipinski definition) is 0. The van der Waals surface area contributed by atoms with Crippen LogP contribution in [-0.2, 0) is 0 Å². The maximum atomic E-state index is 3.08. The summed E-state index contributed by atoms with van der Waals surface area (Å²) in [7, 11) is -0.998. The van der Waals surface area contributed by atoms with Crippen molar-refractivity contribution in [1.82, 2.24) is 0 Å². The molecule has 0 aromatic rings. The lowest BCUT2D eigenvalue weighted by Gasteiger charge is -2.19. The predicted molar refractivity (Wildman–Crippen MR) is 48.7 cm³/mol. The van der Waals surface area contributed by atoms with E-state index in [1.807, 2.05) is 6.08 Å². The molecule has 54 valence electrons. The van der Waals surface area contributed by atoms with Crippen molar-refractivity contribution in [1.29, 1.82) is 0 Å². The Morgan fingerprint density at radius 2 is 2.10 bits per heavy atom. The maximum Gasteiger partial charge on any atom is 0.0729 e. The molecule has 0 aromatic heterocycles. The van der Waals surface area contributed by atoms with Gasteiger partial charge >= 0.3 is 0 Å². The van der Waals surface area contributed by atoms with Crippen LogP contribution in [0.25, 0.3) is 0 Å². The Kier molecular flexibility index (Phi) is 1.98. The van der Waals surface area contributed by atoms with Crippen LogP contribution in [0.1, 0.15) is 6.42 Å². The molecule has 0 spiro atoms. The van der Waals surface area contributed by atoms with E-state index in [0.717, 1.165) is 6.42 Å². The highest BCUT2D eigenvalue weighted by molar-refractivity contribution is 6.83. The summed E-state index contributed by atoms with van der Waals surface area (Å²) in [4.78, 5) is 0. The van der Waals surface area contributed by atoms with Crippen molar-refractivity contribution in [3.63, 3.8) is 0 Å². The van der Waals surface area contributed by atoms with E-state index in [4.69, 9.17) is 0 Å². The molecule has 1 aliphatic rings. The molecule has 0 saturated heterocycles. The third-order valence-electron chi connectivity index (χ3n) is 1.78. The van der Waals surface area contributed by atoms with E-state index in [2.05, 4.69) is 37.5 Å².